The van der Waals surface area contributed by atoms with Gasteiger partial charge in [-0.2, -0.15) is 13.2 Å². The quantitative estimate of drug-likeness (QED) is 0.358. The molecule has 0 radical (unpaired) electrons. The Balaban J connectivity index is 1.32. The third kappa shape index (κ3) is 5.43. The molecule has 0 saturated carbocycles. The van der Waals surface area contributed by atoms with Gasteiger partial charge in [-0.1, -0.05) is 11.3 Å². The summed E-state index contributed by atoms with van der Waals surface area (Å²) in [6.07, 6.45) is -4.56. The fourth-order valence-corrected chi connectivity index (χ4v) is 4.58. The second kappa shape index (κ2) is 9.84. The zero-order valence-electron chi connectivity index (χ0n) is 19.0. The van der Waals surface area contributed by atoms with E-state index >= 15 is 0 Å². The van der Waals surface area contributed by atoms with Gasteiger partial charge in [0.25, 0.3) is 0 Å². The summed E-state index contributed by atoms with van der Waals surface area (Å²) in [4.78, 5) is 20.8. The zero-order valence-corrected chi connectivity index (χ0v) is 19.8. The van der Waals surface area contributed by atoms with E-state index in [1.165, 1.54) is 53.2 Å². The van der Waals surface area contributed by atoms with Crippen LogP contribution < -0.4 is 4.90 Å². The van der Waals surface area contributed by atoms with E-state index in [-0.39, 0.29) is 36.5 Å². The lowest BCUT2D eigenvalue weighted by atomic mass is 10.2. The second-order valence-corrected chi connectivity index (χ2v) is 9.14. The first-order valence-corrected chi connectivity index (χ1v) is 11.9. The molecule has 5 rings (SSSR count). The van der Waals surface area contributed by atoms with Crippen LogP contribution in [0.2, 0.25) is 0 Å². The molecule has 0 aliphatic carbocycles. The topological polar surface area (TPSA) is 80.0 Å². The van der Waals surface area contributed by atoms with Crippen LogP contribution >= 0.6 is 11.3 Å². The van der Waals surface area contributed by atoms with E-state index in [2.05, 4.69) is 20.3 Å². The van der Waals surface area contributed by atoms with Crippen molar-refractivity contribution in [2.45, 2.75) is 12.7 Å². The maximum absolute atomic E-state index is 13.5. The van der Waals surface area contributed by atoms with Gasteiger partial charge in [0, 0.05) is 37.3 Å². The van der Waals surface area contributed by atoms with Crippen LogP contribution in [0.3, 0.4) is 0 Å². The molecule has 0 unspecified atom stereocenters. The summed E-state index contributed by atoms with van der Waals surface area (Å²) < 4.78 is 66.7. The van der Waals surface area contributed by atoms with Gasteiger partial charge in [0.2, 0.25) is 16.0 Å². The monoisotopic (exact) mass is 535 g/mol. The Bertz CT molecular complexity index is 1390. The van der Waals surface area contributed by atoms with Crippen LogP contribution in [-0.2, 0) is 17.5 Å². The molecule has 3 heterocycles. The Hall–Kier alpha value is -3.94. The minimum absolute atomic E-state index is 0.151. The number of halogens is 5. The average Bonchev–Trinajstić information content (AvgIpc) is 3.53. The number of amides is 1. The molecular formula is C23H18F5N7OS. The number of rotatable bonds is 5. The van der Waals surface area contributed by atoms with Crippen LogP contribution in [0, 0.1) is 11.6 Å². The lowest BCUT2D eigenvalue weighted by Crippen LogP contribution is -2.49. The number of hydrogen-bond acceptors (Lipinski definition) is 7. The van der Waals surface area contributed by atoms with Gasteiger partial charge in [0.1, 0.15) is 18.2 Å². The van der Waals surface area contributed by atoms with Gasteiger partial charge in [-0.25, -0.2) is 18.4 Å². The predicted molar refractivity (Wildman–Crippen MR) is 125 cm³/mol. The molecule has 1 saturated heterocycles. The molecule has 0 spiro atoms. The maximum atomic E-state index is 13.5. The van der Waals surface area contributed by atoms with E-state index in [1.807, 2.05) is 0 Å². The molecule has 4 aromatic rings. The number of alkyl halides is 3. The summed E-state index contributed by atoms with van der Waals surface area (Å²) in [5, 5.41) is 10.4. The maximum Gasteiger partial charge on any atom is 0.445 e. The summed E-state index contributed by atoms with van der Waals surface area (Å²) in [6.45, 7) is 0.955. The highest BCUT2D eigenvalue weighted by atomic mass is 32.1. The summed E-state index contributed by atoms with van der Waals surface area (Å²) in [7, 11) is 0. The molecule has 1 fully saturated rings. The molecule has 1 aliphatic heterocycles. The molecule has 8 nitrogen and oxygen atoms in total. The minimum Gasteiger partial charge on any atom is -0.343 e. The lowest BCUT2D eigenvalue weighted by molar-refractivity contribution is -0.138. The first-order chi connectivity index (χ1) is 17.7. The van der Waals surface area contributed by atoms with Crippen molar-refractivity contribution in [1.29, 1.82) is 0 Å². The van der Waals surface area contributed by atoms with E-state index in [9.17, 15) is 26.7 Å². The fourth-order valence-electron chi connectivity index (χ4n) is 3.82. The van der Waals surface area contributed by atoms with Gasteiger partial charge < -0.3 is 9.80 Å². The first kappa shape index (κ1) is 24.7. The van der Waals surface area contributed by atoms with Crippen molar-refractivity contribution in [3.8, 4) is 22.8 Å². The third-order valence-electron chi connectivity index (χ3n) is 5.72. The smallest absolute Gasteiger partial charge is 0.343 e. The van der Waals surface area contributed by atoms with Gasteiger partial charge in [-0.3, -0.25) is 4.79 Å². The van der Waals surface area contributed by atoms with Crippen LogP contribution in [0.5, 0.6) is 0 Å². The number of benzene rings is 2. The second-order valence-electron chi connectivity index (χ2n) is 8.19. The molecule has 37 heavy (non-hydrogen) atoms. The Morgan fingerprint density at radius 3 is 2.03 bits per heavy atom. The largest absolute Gasteiger partial charge is 0.445 e. The molecule has 1 aliphatic rings. The summed E-state index contributed by atoms with van der Waals surface area (Å²) >= 11 is 0.463. The summed E-state index contributed by atoms with van der Waals surface area (Å²) in [6, 6.07) is 11.1. The highest BCUT2D eigenvalue weighted by molar-refractivity contribution is 7.15. The Morgan fingerprint density at radius 1 is 0.865 bits per heavy atom. The molecule has 0 N–H and O–H groups in total. The number of anilines is 1. The van der Waals surface area contributed by atoms with Crippen LogP contribution in [-0.4, -0.2) is 61.9 Å². The van der Waals surface area contributed by atoms with Gasteiger partial charge >= 0.3 is 6.18 Å². The van der Waals surface area contributed by atoms with Crippen LogP contribution in [0.25, 0.3) is 22.8 Å². The van der Waals surface area contributed by atoms with E-state index in [1.54, 1.807) is 9.80 Å². The van der Waals surface area contributed by atoms with Gasteiger partial charge in [-0.15, -0.1) is 15.3 Å². The molecule has 192 valence electrons. The normalized spacial score (nSPS) is 14.3. The Kier molecular flexibility index (Phi) is 6.58. The fraction of sp³-hybridized carbons (Fsp3) is 0.261. The van der Waals surface area contributed by atoms with Crippen LogP contribution in [0.4, 0.5) is 27.1 Å². The van der Waals surface area contributed by atoms with Crippen molar-refractivity contribution in [3.05, 3.63) is 65.2 Å². The highest BCUT2D eigenvalue weighted by Crippen LogP contribution is 2.34. The van der Waals surface area contributed by atoms with Crippen molar-refractivity contribution in [3.63, 3.8) is 0 Å². The SMILES string of the molecule is O=C(Cn1nc(-c2ccc(F)cc2)nc1-c1ccc(F)cc1)N1CCN(c2nnc(C(F)(F)F)s2)CC1. The molecule has 2 aromatic heterocycles. The van der Waals surface area contributed by atoms with Crippen molar-refractivity contribution in [2.75, 3.05) is 31.1 Å². The highest BCUT2D eigenvalue weighted by Gasteiger charge is 2.36. The molecule has 1 amide bonds. The van der Waals surface area contributed by atoms with Crippen molar-refractivity contribution < 1.29 is 26.7 Å². The number of hydrogen-bond donors (Lipinski definition) is 0. The molecule has 0 atom stereocenters. The summed E-state index contributed by atoms with van der Waals surface area (Å²) in [5.74, 6) is -0.514. The third-order valence-corrected chi connectivity index (χ3v) is 6.75. The number of piperazine rings is 1. The van der Waals surface area contributed by atoms with E-state index < -0.39 is 22.8 Å². The number of carbonyl (C=O) groups excluding carboxylic acids is 1. The molecule has 14 heteroatoms. The van der Waals surface area contributed by atoms with E-state index in [0.717, 1.165) is 0 Å². The molecular weight excluding hydrogens is 517 g/mol. The summed E-state index contributed by atoms with van der Waals surface area (Å²) in [5.41, 5.74) is 1.08. The first-order valence-electron chi connectivity index (χ1n) is 11.1. The van der Waals surface area contributed by atoms with E-state index in [0.29, 0.717) is 41.4 Å². The Labute approximate surface area is 211 Å². The number of nitrogens with zero attached hydrogens (tertiary/aromatic N) is 7. The molecule has 0 bridgehead atoms. The van der Waals surface area contributed by atoms with Crippen molar-refractivity contribution in [1.82, 2.24) is 29.9 Å². The van der Waals surface area contributed by atoms with E-state index in [4.69, 9.17) is 0 Å². The van der Waals surface area contributed by atoms with Crippen molar-refractivity contribution in [2.24, 2.45) is 0 Å². The Morgan fingerprint density at radius 2 is 1.46 bits per heavy atom. The van der Waals surface area contributed by atoms with Crippen LogP contribution in [0.15, 0.2) is 48.5 Å². The predicted octanol–water partition coefficient (Wildman–Crippen LogP) is 4.11. The minimum atomic E-state index is -4.56. The average molecular weight is 536 g/mol. The number of aromatic nitrogens is 5. The van der Waals surface area contributed by atoms with Gasteiger partial charge in [0.15, 0.2) is 11.6 Å². The number of carbonyl (C=O) groups is 1. The standard InChI is InChI=1S/C23H18F5N7OS/c24-16-5-1-14(2-6-16)19-29-20(15-3-7-17(25)8-4-15)35(32-19)13-18(36)33-9-11-34(12-10-33)22-31-30-21(37-22)23(26,27)28/h1-8H,9-13H2. The zero-order chi connectivity index (χ0) is 26.2. The lowest BCUT2D eigenvalue weighted by Gasteiger charge is -2.34. The van der Waals surface area contributed by atoms with Gasteiger partial charge in [0.05, 0.1) is 0 Å². The van der Waals surface area contributed by atoms with Crippen molar-refractivity contribution >= 4 is 22.4 Å². The molecule has 2 aromatic carbocycles. The van der Waals surface area contributed by atoms with Gasteiger partial charge in [-0.05, 0) is 48.5 Å². The van der Waals surface area contributed by atoms with Crippen LogP contribution in [0.1, 0.15) is 5.01 Å².